The van der Waals surface area contributed by atoms with Gasteiger partial charge in [0.1, 0.15) is 0 Å². The number of nitrogens with zero attached hydrogens (tertiary/aromatic N) is 1. The number of hydrogen-bond donors (Lipinski definition) is 1. The van der Waals surface area contributed by atoms with Crippen molar-refractivity contribution in [2.75, 3.05) is 19.6 Å². The molecule has 4 nitrogen and oxygen atoms in total. The molecule has 0 amide bonds. The molecule has 1 heterocycles. The standard InChI is InChI=1S/C15H24N2O2S/c1-4-17-9-7-14(8-10-17)16-20(18,19)15-6-5-12(2)13(3)11-15/h5-6,11,14,16H,4,7-10H2,1-3H3. The summed E-state index contributed by atoms with van der Waals surface area (Å²) in [6.45, 7) is 9.04. The van der Waals surface area contributed by atoms with E-state index in [1.807, 2.05) is 19.9 Å². The van der Waals surface area contributed by atoms with Gasteiger partial charge >= 0.3 is 0 Å². The first kappa shape index (κ1) is 15.5. The fraction of sp³-hybridized carbons (Fsp3) is 0.600. The predicted octanol–water partition coefficient (Wildman–Crippen LogP) is 2.07. The smallest absolute Gasteiger partial charge is 0.240 e. The highest BCUT2D eigenvalue weighted by Crippen LogP contribution is 2.17. The fourth-order valence-electron chi connectivity index (χ4n) is 2.54. The molecule has 20 heavy (non-hydrogen) atoms. The number of piperidine rings is 1. The topological polar surface area (TPSA) is 49.4 Å². The minimum absolute atomic E-state index is 0.0596. The van der Waals surface area contributed by atoms with E-state index in [0.717, 1.165) is 43.6 Å². The molecule has 0 aromatic heterocycles. The van der Waals surface area contributed by atoms with Gasteiger partial charge in [0.25, 0.3) is 0 Å². The van der Waals surface area contributed by atoms with Crippen molar-refractivity contribution in [3.63, 3.8) is 0 Å². The average molecular weight is 296 g/mol. The van der Waals surface area contributed by atoms with E-state index in [4.69, 9.17) is 0 Å². The number of aryl methyl sites for hydroxylation is 2. The predicted molar refractivity (Wildman–Crippen MR) is 81.4 cm³/mol. The number of hydrogen-bond acceptors (Lipinski definition) is 3. The van der Waals surface area contributed by atoms with E-state index in [9.17, 15) is 8.42 Å². The van der Waals surface area contributed by atoms with E-state index < -0.39 is 10.0 Å². The van der Waals surface area contributed by atoms with Crippen molar-refractivity contribution in [2.45, 2.75) is 44.6 Å². The van der Waals surface area contributed by atoms with Gasteiger partial charge in [0.15, 0.2) is 0 Å². The molecule has 1 fully saturated rings. The van der Waals surface area contributed by atoms with Gasteiger partial charge in [0.2, 0.25) is 10.0 Å². The Balaban J connectivity index is 2.06. The largest absolute Gasteiger partial charge is 0.303 e. The molecule has 0 aliphatic carbocycles. The summed E-state index contributed by atoms with van der Waals surface area (Å²) in [4.78, 5) is 2.72. The molecule has 1 aliphatic heterocycles. The normalized spacial score (nSPS) is 18.4. The number of sulfonamides is 1. The second-order valence-electron chi connectivity index (χ2n) is 5.58. The Kier molecular flexibility index (Phi) is 4.83. The van der Waals surface area contributed by atoms with Gasteiger partial charge in [-0.15, -0.1) is 0 Å². The van der Waals surface area contributed by atoms with E-state index in [-0.39, 0.29) is 6.04 Å². The van der Waals surface area contributed by atoms with Crippen LogP contribution in [0.5, 0.6) is 0 Å². The van der Waals surface area contributed by atoms with E-state index in [2.05, 4.69) is 16.5 Å². The maximum atomic E-state index is 12.4. The van der Waals surface area contributed by atoms with Crippen molar-refractivity contribution < 1.29 is 8.42 Å². The quantitative estimate of drug-likeness (QED) is 0.925. The van der Waals surface area contributed by atoms with E-state index >= 15 is 0 Å². The highest BCUT2D eigenvalue weighted by molar-refractivity contribution is 7.89. The van der Waals surface area contributed by atoms with Crippen molar-refractivity contribution >= 4 is 10.0 Å². The molecule has 2 rings (SSSR count). The maximum Gasteiger partial charge on any atom is 0.240 e. The van der Waals surface area contributed by atoms with Crippen LogP contribution in [0, 0.1) is 13.8 Å². The summed E-state index contributed by atoms with van der Waals surface area (Å²) < 4.78 is 27.6. The van der Waals surface area contributed by atoms with Crippen LogP contribution < -0.4 is 4.72 Å². The number of benzene rings is 1. The number of rotatable bonds is 4. The molecule has 0 saturated carbocycles. The van der Waals surface area contributed by atoms with Crippen LogP contribution in [0.2, 0.25) is 0 Å². The SMILES string of the molecule is CCN1CCC(NS(=O)(=O)c2ccc(C)c(C)c2)CC1. The van der Waals surface area contributed by atoms with Crippen molar-refractivity contribution in [1.29, 1.82) is 0 Å². The summed E-state index contributed by atoms with van der Waals surface area (Å²) >= 11 is 0. The Bertz CT molecular complexity index is 561. The van der Waals surface area contributed by atoms with Gasteiger partial charge in [0.05, 0.1) is 4.90 Å². The van der Waals surface area contributed by atoms with Crippen LogP contribution in [-0.4, -0.2) is 39.0 Å². The van der Waals surface area contributed by atoms with Crippen LogP contribution in [-0.2, 0) is 10.0 Å². The van der Waals surface area contributed by atoms with Crippen molar-refractivity contribution in [3.05, 3.63) is 29.3 Å². The summed E-state index contributed by atoms with van der Waals surface area (Å²) in [5.74, 6) is 0. The third kappa shape index (κ3) is 3.59. The summed E-state index contributed by atoms with van der Waals surface area (Å²) in [6.07, 6.45) is 1.77. The van der Waals surface area contributed by atoms with Crippen LogP contribution >= 0.6 is 0 Å². The Morgan fingerprint density at radius 1 is 1.20 bits per heavy atom. The molecule has 1 aromatic rings. The second kappa shape index (κ2) is 6.24. The van der Waals surface area contributed by atoms with Crippen LogP contribution in [0.15, 0.2) is 23.1 Å². The Labute approximate surface area is 122 Å². The summed E-state index contributed by atoms with van der Waals surface area (Å²) in [5, 5.41) is 0. The van der Waals surface area contributed by atoms with Crippen LogP contribution in [0.25, 0.3) is 0 Å². The zero-order valence-corrected chi connectivity index (χ0v) is 13.3. The molecule has 1 saturated heterocycles. The highest BCUT2D eigenvalue weighted by Gasteiger charge is 2.24. The minimum Gasteiger partial charge on any atom is -0.303 e. The van der Waals surface area contributed by atoms with Crippen molar-refractivity contribution in [2.24, 2.45) is 0 Å². The number of likely N-dealkylation sites (tertiary alicyclic amines) is 1. The monoisotopic (exact) mass is 296 g/mol. The molecule has 0 radical (unpaired) electrons. The van der Waals surface area contributed by atoms with Crippen molar-refractivity contribution in [3.8, 4) is 0 Å². The zero-order chi connectivity index (χ0) is 14.8. The lowest BCUT2D eigenvalue weighted by Crippen LogP contribution is -2.44. The third-order valence-electron chi connectivity index (χ3n) is 4.15. The number of nitrogens with one attached hydrogen (secondary N) is 1. The lowest BCUT2D eigenvalue weighted by atomic mass is 10.1. The van der Waals surface area contributed by atoms with Gasteiger partial charge in [0, 0.05) is 6.04 Å². The molecular formula is C15H24N2O2S. The molecule has 0 atom stereocenters. The van der Waals surface area contributed by atoms with Crippen LogP contribution in [0.3, 0.4) is 0 Å². The lowest BCUT2D eigenvalue weighted by Gasteiger charge is -2.31. The molecule has 1 aliphatic rings. The Morgan fingerprint density at radius 3 is 2.40 bits per heavy atom. The first-order chi connectivity index (χ1) is 9.42. The first-order valence-corrected chi connectivity index (χ1v) is 8.72. The van der Waals surface area contributed by atoms with E-state index in [1.165, 1.54) is 0 Å². The van der Waals surface area contributed by atoms with E-state index in [0.29, 0.717) is 4.90 Å². The first-order valence-electron chi connectivity index (χ1n) is 7.24. The zero-order valence-electron chi connectivity index (χ0n) is 12.5. The second-order valence-corrected chi connectivity index (χ2v) is 7.29. The Morgan fingerprint density at radius 2 is 1.85 bits per heavy atom. The van der Waals surface area contributed by atoms with E-state index in [1.54, 1.807) is 12.1 Å². The highest BCUT2D eigenvalue weighted by atomic mass is 32.2. The van der Waals surface area contributed by atoms with Gasteiger partial charge in [-0.3, -0.25) is 0 Å². The van der Waals surface area contributed by atoms with Crippen LogP contribution in [0.1, 0.15) is 30.9 Å². The molecule has 1 aromatic carbocycles. The van der Waals surface area contributed by atoms with Gasteiger partial charge in [-0.1, -0.05) is 13.0 Å². The molecule has 0 bridgehead atoms. The minimum atomic E-state index is -3.39. The summed E-state index contributed by atoms with van der Waals surface area (Å²) in [7, 11) is -3.39. The third-order valence-corrected chi connectivity index (χ3v) is 5.66. The lowest BCUT2D eigenvalue weighted by molar-refractivity contribution is 0.217. The summed E-state index contributed by atoms with van der Waals surface area (Å²) in [5.41, 5.74) is 2.12. The maximum absolute atomic E-state index is 12.4. The molecule has 5 heteroatoms. The van der Waals surface area contributed by atoms with Gasteiger partial charge in [-0.25, -0.2) is 13.1 Å². The molecule has 112 valence electrons. The van der Waals surface area contributed by atoms with Crippen LogP contribution in [0.4, 0.5) is 0 Å². The van der Waals surface area contributed by atoms with Crippen molar-refractivity contribution in [1.82, 2.24) is 9.62 Å². The molecular weight excluding hydrogens is 272 g/mol. The Hall–Kier alpha value is -0.910. The summed E-state index contributed by atoms with van der Waals surface area (Å²) in [6, 6.07) is 5.36. The molecule has 1 N–H and O–H groups in total. The van der Waals surface area contributed by atoms with Gasteiger partial charge in [-0.2, -0.15) is 0 Å². The fourth-order valence-corrected chi connectivity index (χ4v) is 3.93. The van der Waals surface area contributed by atoms with Gasteiger partial charge in [-0.05, 0) is 69.6 Å². The average Bonchev–Trinajstić information content (AvgIpc) is 2.42. The molecule has 0 unspecified atom stereocenters. The van der Waals surface area contributed by atoms with Gasteiger partial charge < -0.3 is 4.90 Å². The molecule has 0 spiro atoms.